The highest BCUT2D eigenvalue weighted by Gasteiger charge is 2.14. The molecule has 82 valence electrons. The Morgan fingerprint density at radius 1 is 1.33 bits per heavy atom. The van der Waals surface area contributed by atoms with Crippen LogP contribution in [0.15, 0.2) is 12.3 Å². The molecule has 4 nitrogen and oxygen atoms in total. The summed E-state index contributed by atoms with van der Waals surface area (Å²) in [5.41, 5.74) is 6.70. The van der Waals surface area contributed by atoms with E-state index in [-0.39, 0.29) is 0 Å². The van der Waals surface area contributed by atoms with Crippen LogP contribution in [-0.2, 0) is 6.54 Å². The Labute approximate surface area is 90.3 Å². The van der Waals surface area contributed by atoms with E-state index < -0.39 is 0 Å². The third-order valence-electron chi connectivity index (χ3n) is 2.97. The molecule has 3 N–H and O–H groups in total. The quantitative estimate of drug-likeness (QED) is 0.789. The van der Waals surface area contributed by atoms with Crippen molar-refractivity contribution >= 4 is 5.82 Å². The molecule has 0 unspecified atom stereocenters. The van der Waals surface area contributed by atoms with Crippen LogP contribution in [0.4, 0.5) is 5.82 Å². The number of hydrogen-bond donors (Lipinski definition) is 2. The molecular formula is C11H18N4. The van der Waals surface area contributed by atoms with Crippen LogP contribution in [-0.4, -0.2) is 16.2 Å². The molecule has 0 aliphatic heterocycles. The Bertz CT molecular complexity index is 307. The van der Waals surface area contributed by atoms with E-state index in [1.807, 2.05) is 6.07 Å². The van der Waals surface area contributed by atoms with E-state index in [4.69, 9.17) is 5.73 Å². The fraction of sp³-hybridized carbons (Fsp3) is 0.636. The molecule has 1 aliphatic carbocycles. The van der Waals surface area contributed by atoms with Gasteiger partial charge in [-0.15, -0.1) is 5.10 Å². The molecule has 0 atom stereocenters. The minimum atomic E-state index is 0.518. The molecular weight excluding hydrogens is 188 g/mol. The van der Waals surface area contributed by atoms with E-state index in [9.17, 15) is 0 Å². The van der Waals surface area contributed by atoms with Crippen LogP contribution in [0, 0.1) is 0 Å². The zero-order valence-electron chi connectivity index (χ0n) is 8.95. The largest absolute Gasteiger partial charge is 0.366 e. The van der Waals surface area contributed by atoms with Crippen LogP contribution >= 0.6 is 0 Å². The van der Waals surface area contributed by atoms with Crippen molar-refractivity contribution in [2.75, 3.05) is 5.32 Å². The average molecular weight is 206 g/mol. The summed E-state index contributed by atoms with van der Waals surface area (Å²) in [4.78, 5) is 0. The van der Waals surface area contributed by atoms with Gasteiger partial charge >= 0.3 is 0 Å². The van der Waals surface area contributed by atoms with Crippen molar-refractivity contribution in [3.05, 3.63) is 17.8 Å². The zero-order chi connectivity index (χ0) is 10.5. The normalized spacial score (nSPS) is 17.7. The summed E-state index contributed by atoms with van der Waals surface area (Å²) in [6.07, 6.45) is 8.16. The van der Waals surface area contributed by atoms with Gasteiger partial charge in [-0.2, -0.15) is 5.10 Å². The van der Waals surface area contributed by atoms with Crippen molar-refractivity contribution in [3.63, 3.8) is 0 Å². The van der Waals surface area contributed by atoms with Gasteiger partial charge in [0.05, 0.1) is 6.20 Å². The van der Waals surface area contributed by atoms with E-state index in [0.717, 1.165) is 11.4 Å². The predicted molar refractivity (Wildman–Crippen MR) is 60.4 cm³/mol. The first-order chi connectivity index (χ1) is 7.40. The van der Waals surface area contributed by atoms with Gasteiger partial charge in [-0.25, -0.2) is 0 Å². The number of nitrogens with zero attached hydrogens (tertiary/aromatic N) is 2. The summed E-state index contributed by atoms with van der Waals surface area (Å²) >= 11 is 0. The molecule has 2 rings (SSSR count). The minimum Gasteiger partial charge on any atom is -0.366 e. The van der Waals surface area contributed by atoms with E-state index in [1.54, 1.807) is 6.20 Å². The molecule has 1 fully saturated rings. The highest BCUT2D eigenvalue weighted by atomic mass is 15.2. The van der Waals surface area contributed by atoms with Gasteiger partial charge in [0.2, 0.25) is 0 Å². The van der Waals surface area contributed by atoms with Crippen molar-refractivity contribution in [1.29, 1.82) is 0 Å². The predicted octanol–water partition coefficient (Wildman–Crippen LogP) is 1.68. The van der Waals surface area contributed by atoms with Crippen LogP contribution in [0.5, 0.6) is 0 Å². The summed E-state index contributed by atoms with van der Waals surface area (Å²) < 4.78 is 0. The smallest absolute Gasteiger partial charge is 0.153 e. The molecule has 0 bridgehead atoms. The van der Waals surface area contributed by atoms with Gasteiger partial charge < -0.3 is 11.1 Å². The summed E-state index contributed by atoms with van der Waals surface area (Å²) in [5, 5.41) is 11.4. The molecule has 1 aliphatic rings. The Morgan fingerprint density at radius 2 is 2.13 bits per heavy atom. The maximum atomic E-state index is 5.65. The van der Waals surface area contributed by atoms with E-state index in [2.05, 4.69) is 15.5 Å². The second-order valence-electron chi connectivity index (χ2n) is 4.09. The molecule has 1 aromatic heterocycles. The standard InChI is InChI=1S/C11H18N4/c12-8-9-6-7-13-15-11(9)14-10-4-2-1-3-5-10/h6-7,10H,1-5,8,12H2,(H,14,15). The van der Waals surface area contributed by atoms with Gasteiger partial charge in [0, 0.05) is 18.2 Å². The summed E-state index contributed by atoms with van der Waals surface area (Å²) in [6.45, 7) is 0.518. The third kappa shape index (κ3) is 2.65. The summed E-state index contributed by atoms with van der Waals surface area (Å²) in [7, 11) is 0. The molecule has 4 heteroatoms. The minimum absolute atomic E-state index is 0.518. The van der Waals surface area contributed by atoms with Gasteiger partial charge in [-0.1, -0.05) is 19.3 Å². The van der Waals surface area contributed by atoms with Gasteiger partial charge in [-0.05, 0) is 18.9 Å². The Kier molecular flexibility index (Phi) is 3.50. The first-order valence-corrected chi connectivity index (χ1v) is 5.67. The van der Waals surface area contributed by atoms with E-state index in [0.29, 0.717) is 12.6 Å². The lowest BCUT2D eigenvalue weighted by Crippen LogP contribution is -2.24. The van der Waals surface area contributed by atoms with Gasteiger partial charge in [-0.3, -0.25) is 0 Å². The molecule has 1 aromatic rings. The SMILES string of the molecule is NCc1ccnnc1NC1CCCCC1. The molecule has 0 radical (unpaired) electrons. The number of rotatable bonds is 3. The molecule has 15 heavy (non-hydrogen) atoms. The first-order valence-electron chi connectivity index (χ1n) is 5.67. The second kappa shape index (κ2) is 5.07. The molecule has 1 heterocycles. The average Bonchev–Trinajstić information content (AvgIpc) is 2.31. The van der Waals surface area contributed by atoms with E-state index in [1.165, 1.54) is 32.1 Å². The number of aromatic nitrogens is 2. The van der Waals surface area contributed by atoms with Crippen molar-refractivity contribution in [2.24, 2.45) is 5.73 Å². The van der Waals surface area contributed by atoms with Gasteiger partial charge in [0.25, 0.3) is 0 Å². The van der Waals surface area contributed by atoms with Crippen molar-refractivity contribution in [2.45, 2.75) is 44.7 Å². The molecule has 0 spiro atoms. The molecule has 1 saturated carbocycles. The third-order valence-corrected chi connectivity index (χ3v) is 2.97. The molecule has 0 amide bonds. The van der Waals surface area contributed by atoms with Crippen molar-refractivity contribution in [3.8, 4) is 0 Å². The maximum Gasteiger partial charge on any atom is 0.153 e. The zero-order valence-corrected chi connectivity index (χ0v) is 8.95. The fourth-order valence-electron chi connectivity index (χ4n) is 2.08. The lowest BCUT2D eigenvalue weighted by molar-refractivity contribution is 0.461. The summed E-state index contributed by atoms with van der Waals surface area (Å²) in [5.74, 6) is 0.868. The lowest BCUT2D eigenvalue weighted by Gasteiger charge is -2.23. The van der Waals surface area contributed by atoms with Crippen LogP contribution in [0.2, 0.25) is 0 Å². The number of anilines is 1. The van der Waals surface area contributed by atoms with Crippen LogP contribution in [0.25, 0.3) is 0 Å². The van der Waals surface area contributed by atoms with Crippen molar-refractivity contribution < 1.29 is 0 Å². The Balaban J connectivity index is 2.02. The highest BCUT2D eigenvalue weighted by Crippen LogP contribution is 2.21. The van der Waals surface area contributed by atoms with Crippen LogP contribution in [0.3, 0.4) is 0 Å². The number of hydrogen-bond acceptors (Lipinski definition) is 4. The highest BCUT2D eigenvalue weighted by molar-refractivity contribution is 5.43. The van der Waals surface area contributed by atoms with Gasteiger partial charge in [0.1, 0.15) is 0 Å². The second-order valence-corrected chi connectivity index (χ2v) is 4.09. The van der Waals surface area contributed by atoms with Crippen molar-refractivity contribution in [1.82, 2.24) is 10.2 Å². The van der Waals surface area contributed by atoms with Gasteiger partial charge in [0.15, 0.2) is 5.82 Å². The van der Waals surface area contributed by atoms with Crippen LogP contribution in [0.1, 0.15) is 37.7 Å². The Hall–Kier alpha value is -1.16. The van der Waals surface area contributed by atoms with Crippen LogP contribution < -0.4 is 11.1 Å². The maximum absolute atomic E-state index is 5.65. The lowest BCUT2D eigenvalue weighted by atomic mass is 9.95. The molecule has 0 aromatic carbocycles. The molecule has 0 saturated heterocycles. The first kappa shape index (κ1) is 10.4. The number of nitrogens with one attached hydrogen (secondary N) is 1. The Morgan fingerprint density at radius 3 is 2.87 bits per heavy atom. The van der Waals surface area contributed by atoms with E-state index >= 15 is 0 Å². The monoisotopic (exact) mass is 206 g/mol. The fourth-order valence-corrected chi connectivity index (χ4v) is 2.08. The topological polar surface area (TPSA) is 63.8 Å². The summed E-state index contributed by atoms with van der Waals surface area (Å²) in [6, 6.07) is 2.48. The number of nitrogens with two attached hydrogens (primary N) is 1.